The summed E-state index contributed by atoms with van der Waals surface area (Å²) in [4.78, 5) is 0. The minimum Gasteiger partial charge on any atom is -0.374 e. The summed E-state index contributed by atoms with van der Waals surface area (Å²) in [6.07, 6.45) is 5.96. The Morgan fingerprint density at radius 2 is 1.58 bits per heavy atom. The van der Waals surface area contributed by atoms with E-state index >= 15 is 0 Å². The Bertz CT molecular complexity index is 190. The minimum atomic E-state index is -0.598. The molecule has 2 saturated carbocycles. The molecule has 2 saturated heterocycles. The van der Waals surface area contributed by atoms with Crippen LogP contribution in [0, 0.1) is 17.8 Å². The summed E-state index contributed by atoms with van der Waals surface area (Å²) in [5.41, 5.74) is -0.598. The highest BCUT2D eigenvalue weighted by Crippen LogP contribution is 2.48. The maximum atomic E-state index is 10.1. The molecule has 0 spiro atoms. The van der Waals surface area contributed by atoms with Crippen molar-refractivity contribution < 1.29 is 5.11 Å². The molecule has 2 aliphatic carbocycles. The molecule has 2 aliphatic heterocycles. The molecule has 2 atom stereocenters. The second-order valence-electron chi connectivity index (χ2n) is 5.04. The van der Waals surface area contributed by atoms with Crippen LogP contribution in [0.15, 0.2) is 0 Å². The predicted molar refractivity (Wildman–Crippen MR) is 45.5 cm³/mol. The van der Waals surface area contributed by atoms with Gasteiger partial charge in [-0.25, -0.2) is 5.32 Å². The highest BCUT2D eigenvalue weighted by Gasteiger charge is 2.47. The van der Waals surface area contributed by atoms with Gasteiger partial charge in [0.25, 0.3) is 0 Å². The Morgan fingerprint density at radius 3 is 2.25 bits per heavy atom. The van der Waals surface area contributed by atoms with Gasteiger partial charge in [0.2, 0.25) is 0 Å². The molecule has 12 heavy (non-hydrogen) atoms. The fraction of sp³-hybridized carbons (Fsp3) is 1.00. The monoisotopic (exact) mass is 166 g/mol. The molecule has 4 bridgehead atoms. The summed E-state index contributed by atoms with van der Waals surface area (Å²) >= 11 is 0. The first-order chi connectivity index (χ1) is 5.73. The first-order valence-electron chi connectivity index (χ1n) is 5.14. The van der Waals surface area contributed by atoms with E-state index in [2.05, 4.69) is 5.32 Å². The molecule has 2 heterocycles. The van der Waals surface area contributed by atoms with E-state index in [1.54, 1.807) is 0 Å². The van der Waals surface area contributed by atoms with Crippen LogP contribution < -0.4 is 5.32 Å². The van der Waals surface area contributed by atoms with E-state index in [4.69, 9.17) is 0 Å². The summed E-state index contributed by atoms with van der Waals surface area (Å²) in [7, 11) is 0. The molecule has 4 aliphatic rings. The van der Waals surface area contributed by atoms with Crippen LogP contribution >= 0.6 is 0 Å². The minimum absolute atomic E-state index is 0.598. The molecule has 1 N–H and O–H groups in total. The Balaban J connectivity index is 1.94. The fourth-order valence-electron chi connectivity index (χ4n) is 3.62. The zero-order valence-electron chi connectivity index (χ0n) is 7.37. The predicted octanol–water partition coefficient (Wildman–Crippen LogP) is 1.12. The second kappa shape index (κ2) is 2.24. The van der Waals surface area contributed by atoms with Gasteiger partial charge in [0, 0.05) is 6.54 Å². The number of fused-ring (bicyclic) bond motifs is 1. The molecule has 0 aromatic rings. The highest BCUT2D eigenvalue weighted by atomic mass is 16.3. The fourth-order valence-corrected chi connectivity index (χ4v) is 3.62. The zero-order chi connectivity index (χ0) is 8.18. The van der Waals surface area contributed by atoms with Crippen molar-refractivity contribution >= 4 is 0 Å². The van der Waals surface area contributed by atoms with E-state index in [1.165, 1.54) is 19.3 Å². The van der Waals surface area contributed by atoms with Gasteiger partial charge in [-0.3, -0.25) is 0 Å². The Labute approximate surface area is 73.4 Å². The molecule has 2 unspecified atom stereocenters. The molecule has 2 nitrogen and oxygen atoms in total. The van der Waals surface area contributed by atoms with Crippen LogP contribution in [-0.4, -0.2) is 17.4 Å². The molecule has 0 aromatic carbocycles. The smallest absolute Gasteiger partial charge is 0.131 e. The van der Waals surface area contributed by atoms with Gasteiger partial charge in [0.05, 0.1) is 0 Å². The van der Waals surface area contributed by atoms with Gasteiger partial charge in [-0.15, -0.1) is 0 Å². The van der Waals surface area contributed by atoms with Crippen molar-refractivity contribution in [3.8, 4) is 0 Å². The third-order valence-corrected chi connectivity index (χ3v) is 3.87. The van der Waals surface area contributed by atoms with E-state index in [0.717, 1.165) is 37.1 Å². The van der Waals surface area contributed by atoms with Crippen molar-refractivity contribution in [3.63, 3.8) is 0 Å². The second-order valence-corrected chi connectivity index (χ2v) is 5.04. The third-order valence-electron chi connectivity index (χ3n) is 3.87. The lowest BCUT2D eigenvalue weighted by molar-refractivity contribution is -0.0609. The Hall–Kier alpha value is -0.0800. The summed E-state index contributed by atoms with van der Waals surface area (Å²) in [5.74, 6) is 2.39. The summed E-state index contributed by atoms with van der Waals surface area (Å²) in [6, 6.07) is 0. The van der Waals surface area contributed by atoms with Gasteiger partial charge < -0.3 is 5.11 Å². The van der Waals surface area contributed by atoms with Crippen LogP contribution in [0.3, 0.4) is 0 Å². The van der Waals surface area contributed by atoms with Crippen molar-refractivity contribution in [2.24, 2.45) is 17.8 Å². The standard InChI is InChI=1S/C10H16NO/c12-10-4-7-1-8(5-10)3-9(2-7)6-11-10/h7-9,12H,1-6H2. The number of rotatable bonds is 0. The van der Waals surface area contributed by atoms with Gasteiger partial charge in [-0.1, -0.05) is 0 Å². The number of aliphatic hydroxyl groups is 1. The number of nitrogens with zero attached hydrogens (tertiary/aromatic N) is 1. The van der Waals surface area contributed by atoms with Crippen LogP contribution in [-0.2, 0) is 0 Å². The van der Waals surface area contributed by atoms with E-state index in [9.17, 15) is 5.11 Å². The zero-order valence-corrected chi connectivity index (χ0v) is 7.37. The molecule has 2 heteroatoms. The van der Waals surface area contributed by atoms with Gasteiger partial charge in [-0.05, 0) is 49.9 Å². The lowest BCUT2D eigenvalue weighted by atomic mass is 9.67. The van der Waals surface area contributed by atoms with Gasteiger partial charge in [-0.2, -0.15) is 0 Å². The average Bonchev–Trinajstić information content (AvgIpc) is 2.14. The molecule has 4 fully saturated rings. The Kier molecular flexibility index (Phi) is 1.37. The largest absolute Gasteiger partial charge is 0.374 e. The molecular formula is C10H16NO. The average molecular weight is 166 g/mol. The van der Waals surface area contributed by atoms with Gasteiger partial charge >= 0.3 is 0 Å². The summed E-state index contributed by atoms with van der Waals surface area (Å²) in [5, 5.41) is 14.6. The van der Waals surface area contributed by atoms with Crippen LogP contribution in [0.1, 0.15) is 32.1 Å². The highest BCUT2D eigenvalue weighted by molar-refractivity contribution is 4.97. The lowest BCUT2D eigenvalue weighted by Crippen LogP contribution is -2.44. The normalized spacial score (nSPS) is 57.2. The first-order valence-corrected chi connectivity index (χ1v) is 5.14. The molecule has 67 valence electrons. The Morgan fingerprint density at radius 1 is 1.00 bits per heavy atom. The van der Waals surface area contributed by atoms with Crippen molar-refractivity contribution in [1.29, 1.82) is 0 Å². The summed E-state index contributed by atoms with van der Waals surface area (Å²) in [6.45, 7) is 0.934. The first kappa shape index (κ1) is 7.34. The van der Waals surface area contributed by atoms with Crippen LogP contribution in [0.2, 0.25) is 0 Å². The number of hydrogen-bond acceptors (Lipinski definition) is 1. The van der Waals surface area contributed by atoms with E-state index in [0.29, 0.717) is 0 Å². The molecule has 1 radical (unpaired) electrons. The van der Waals surface area contributed by atoms with Crippen LogP contribution in [0.5, 0.6) is 0 Å². The van der Waals surface area contributed by atoms with Crippen molar-refractivity contribution in [1.82, 2.24) is 5.32 Å². The third kappa shape index (κ3) is 1.01. The molecule has 0 aromatic heterocycles. The van der Waals surface area contributed by atoms with E-state index in [-0.39, 0.29) is 0 Å². The van der Waals surface area contributed by atoms with Gasteiger partial charge in [0.1, 0.15) is 5.72 Å². The van der Waals surface area contributed by atoms with Crippen molar-refractivity contribution in [2.75, 3.05) is 6.54 Å². The van der Waals surface area contributed by atoms with Crippen molar-refractivity contribution in [3.05, 3.63) is 0 Å². The molecule has 0 amide bonds. The van der Waals surface area contributed by atoms with E-state index < -0.39 is 5.72 Å². The van der Waals surface area contributed by atoms with Crippen LogP contribution in [0.4, 0.5) is 0 Å². The molecular weight excluding hydrogens is 150 g/mol. The maximum Gasteiger partial charge on any atom is 0.131 e. The quantitative estimate of drug-likeness (QED) is 0.575. The maximum absolute atomic E-state index is 10.1. The lowest BCUT2D eigenvalue weighted by Gasteiger charge is -2.41. The summed E-state index contributed by atoms with van der Waals surface area (Å²) < 4.78 is 0. The van der Waals surface area contributed by atoms with Crippen molar-refractivity contribution in [2.45, 2.75) is 37.8 Å². The van der Waals surface area contributed by atoms with E-state index in [1.807, 2.05) is 0 Å². The topological polar surface area (TPSA) is 34.3 Å². The molecule has 4 rings (SSSR count). The van der Waals surface area contributed by atoms with Crippen LogP contribution in [0.25, 0.3) is 0 Å². The number of hydrogen-bond donors (Lipinski definition) is 1. The van der Waals surface area contributed by atoms with Gasteiger partial charge in [0.15, 0.2) is 0 Å². The SMILES string of the molecule is OC12CC3CC(C[N]1)CC(C3)C2.